The van der Waals surface area contributed by atoms with Crippen LogP contribution in [0.1, 0.15) is 45.4 Å². The quantitative estimate of drug-likeness (QED) is 0.663. The van der Waals surface area contributed by atoms with Gasteiger partial charge in [0.05, 0.1) is 5.60 Å². The molecular formula is C11H19NO. The molecule has 1 aliphatic carbocycles. The second kappa shape index (κ2) is 2.48. The summed E-state index contributed by atoms with van der Waals surface area (Å²) in [5.74, 6) is 0. The normalized spacial score (nSPS) is 51.2. The van der Waals surface area contributed by atoms with Gasteiger partial charge in [0, 0.05) is 18.1 Å². The Kier molecular flexibility index (Phi) is 1.58. The van der Waals surface area contributed by atoms with Crippen LogP contribution in [0.3, 0.4) is 0 Å². The molecule has 74 valence electrons. The van der Waals surface area contributed by atoms with E-state index in [-0.39, 0.29) is 5.60 Å². The molecule has 2 bridgehead atoms. The number of hydrogen-bond acceptors (Lipinski definition) is 2. The summed E-state index contributed by atoms with van der Waals surface area (Å²) >= 11 is 0. The number of rotatable bonds is 1. The molecule has 13 heavy (non-hydrogen) atoms. The van der Waals surface area contributed by atoms with Crippen molar-refractivity contribution in [3.05, 3.63) is 0 Å². The fourth-order valence-electron chi connectivity index (χ4n) is 3.46. The molecule has 0 aromatic carbocycles. The van der Waals surface area contributed by atoms with Crippen LogP contribution in [0.25, 0.3) is 0 Å². The third-order valence-corrected chi connectivity index (χ3v) is 4.00. The highest BCUT2D eigenvalue weighted by molar-refractivity contribution is 5.05. The van der Waals surface area contributed by atoms with E-state index in [0.29, 0.717) is 12.1 Å². The van der Waals surface area contributed by atoms with E-state index in [2.05, 4.69) is 4.90 Å². The van der Waals surface area contributed by atoms with Crippen LogP contribution in [0.4, 0.5) is 0 Å². The van der Waals surface area contributed by atoms with Crippen molar-refractivity contribution < 1.29 is 5.11 Å². The predicted molar refractivity (Wildman–Crippen MR) is 51.5 cm³/mol. The summed E-state index contributed by atoms with van der Waals surface area (Å²) < 4.78 is 0. The highest BCUT2D eigenvalue weighted by atomic mass is 16.3. The van der Waals surface area contributed by atoms with Gasteiger partial charge in [-0.25, -0.2) is 0 Å². The van der Waals surface area contributed by atoms with Gasteiger partial charge in [-0.05, 0) is 45.4 Å². The number of piperidine rings is 1. The second-order valence-corrected chi connectivity index (χ2v) is 5.47. The SMILES string of the molecule is CC1(O)C[C@@H]2CC[C@@H](C1)N2C1CC1. The number of fused-ring (bicyclic) bond motifs is 2. The van der Waals surface area contributed by atoms with E-state index in [1.165, 1.54) is 25.7 Å². The van der Waals surface area contributed by atoms with Crippen LogP contribution >= 0.6 is 0 Å². The molecule has 0 amide bonds. The number of aliphatic hydroxyl groups is 1. The van der Waals surface area contributed by atoms with Crippen molar-refractivity contribution in [3.63, 3.8) is 0 Å². The average Bonchev–Trinajstić information content (AvgIpc) is 2.79. The van der Waals surface area contributed by atoms with Crippen molar-refractivity contribution in [2.24, 2.45) is 0 Å². The molecule has 1 N–H and O–H groups in total. The van der Waals surface area contributed by atoms with E-state index in [1.54, 1.807) is 0 Å². The lowest BCUT2D eigenvalue weighted by atomic mass is 9.88. The molecule has 0 radical (unpaired) electrons. The van der Waals surface area contributed by atoms with Gasteiger partial charge < -0.3 is 5.11 Å². The fraction of sp³-hybridized carbons (Fsp3) is 1.00. The van der Waals surface area contributed by atoms with Crippen LogP contribution in [0.2, 0.25) is 0 Å². The molecule has 3 aliphatic rings. The van der Waals surface area contributed by atoms with Crippen LogP contribution in [-0.2, 0) is 0 Å². The van der Waals surface area contributed by atoms with E-state index in [1.807, 2.05) is 6.92 Å². The average molecular weight is 181 g/mol. The summed E-state index contributed by atoms with van der Waals surface area (Å²) in [5, 5.41) is 10.0. The van der Waals surface area contributed by atoms with E-state index in [4.69, 9.17) is 0 Å². The first-order chi connectivity index (χ1) is 6.16. The van der Waals surface area contributed by atoms with Crippen molar-refractivity contribution in [1.82, 2.24) is 4.90 Å². The lowest BCUT2D eigenvalue weighted by Gasteiger charge is -2.42. The van der Waals surface area contributed by atoms with E-state index in [0.717, 1.165) is 18.9 Å². The maximum Gasteiger partial charge on any atom is 0.0649 e. The van der Waals surface area contributed by atoms with Crippen molar-refractivity contribution in [2.75, 3.05) is 0 Å². The molecule has 0 aromatic rings. The third kappa shape index (κ3) is 1.31. The first kappa shape index (κ1) is 8.25. The molecule has 2 atom stereocenters. The molecule has 3 fully saturated rings. The van der Waals surface area contributed by atoms with Crippen molar-refractivity contribution >= 4 is 0 Å². The van der Waals surface area contributed by atoms with Gasteiger partial charge in [-0.3, -0.25) is 4.90 Å². The van der Waals surface area contributed by atoms with Crippen molar-refractivity contribution in [3.8, 4) is 0 Å². The predicted octanol–water partition coefficient (Wildman–Crippen LogP) is 1.53. The smallest absolute Gasteiger partial charge is 0.0649 e. The Labute approximate surface area is 79.9 Å². The largest absolute Gasteiger partial charge is 0.390 e. The Morgan fingerprint density at radius 2 is 1.46 bits per heavy atom. The topological polar surface area (TPSA) is 23.5 Å². The number of nitrogens with zero attached hydrogens (tertiary/aromatic N) is 1. The Morgan fingerprint density at radius 3 is 1.92 bits per heavy atom. The molecule has 3 rings (SSSR count). The molecule has 2 saturated heterocycles. The lowest BCUT2D eigenvalue weighted by molar-refractivity contribution is -0.0411. The summed E-state index contributed by atoms with van der Waals surface area (Å²) in [4.78, 5) is 2.72. The number of hydrogen-bond donors (Lipinski definition) is 1. The monoisotopic (exact) mass is 181 g/mol. The highest BCUT2D eigenvalue weighted by Gasteiger charge is 2.49. The van der Waals surface area contributed by atoms with Gasteiger partial charge in [0.25, 0.3) is 0 Å². The molecule has 2 aliphatic heterocycles. The van der Waals surface area contributed by atoms with Crippen LogP contribution < -0.4 is 0 Å². The van der Waals surface area contributed by atoms with E-state index < -0.39 is 0 Å². The molecular weight excluding hydrogens is 162 g/mol. The molecule has 2 nitrogen and oxygen atoms in total. The van der Waals surface area contributed by atoms with Crippen LogP contribution in [-0.4, -0.2) is 33.7 Å². The Hall–Kier alpha value is -0.0800. The summed E-state index contributed by atoms with van der Waals surface area (Å²) in [7, 11) is 0. The summed E-state index contributed by atoms with van der Waals surface area (Å²) in [5.41, 5.74) is -0.364. The fourth-order valence-corrected chi connectivity index (χ4v) is 3.46. The van der Waals surface area contributed by atoms with E-state index >= 15 is 0 Å². The van der Waals surface area contributed by atoms with Crippen LogP contribution in [0, 0.1) is 0 Å². The minimum absolute atomic E-state index is 0.364. The minimum atomic E-state index is -0.364. The molecule has 0 unspecified atom stereocenters. The Morgan fingerprint density at radius 1 is 1.00 bits per heavy atom. The molecule has 2 heterocycles. The zero-order valence-corrected chi connectivity index (χ0v) is 8.37. The zero-order valence-electron chi connectivity index (χ0n) is 8.37. The van der Waals surface area contributed by atoms with Crippen molar-refractivity contribution in [2.45, 2.75) is 69.2 Å². The van der Waals surface area contributed by atoms with Gasteiger partial charge in [0.1, 0.15) is 0 Å². The molecule has 1 saturated carbocycles. The second-order valence-electron chi connectivity index (χ2n) is 5.47. The molecule has 2 heteroatoms. The molecule has 0 aromatic heterocycles. The van der Waals surface area contributed by atoms with Gasteiger partial charge in [-0.2, -0.15) is 0 Å². The maximum absolute atomic E-state index is 10.0. The summed E-state index contributed by atoms with van der Waals surface area (Å²) in [6, 6.07) is 2.32. The minimum Gasteiger partial charge on any atom is -0.390 e. The van der Waals surface area contributed by atoms with Crippen LogP contribution in [0.5, 0.6) is 0 Å². The first-order valence-corrected chi connectivity index (χ1v) is 5.65. The summed E-state index contributed by atoms with van der Waals surface area (Å²) in [6.07, 6.45) is 7.51. The zero-order chi connectivity index (χ0) is 9.05. The first-order valence-electron chi connectivity index (χ1n) is 5.65. The van der Waals surface area contributed by atoms with E-state index in [9.17, 15) is 5.11 Å². The van der Waals surface area contributed by atoms with Gasteiger partial charge in [-0.1, -0.05) is 0 Å². The highest BCUT2D eigenvalue weighted by Crippen LogP contribution is 2.46. The Bertz CT molecular complexity index is 206. The maximum atomic E-state index is 10.0. The van der Waals surface area contributed by atoms with Gasteiger partial charge in [0.15, 0.2) is 0 Å². The molecule has 0 spiro atoms. The standard InChI is InChI=1S/C11H19NO/c1-11(13)6-9-4-5-10(7-11)12(9)8-2-3-8/h8-10,13H,2-7H2,1H3/t9-,10-/m0/s1. The van der Waals surface area contributed by atoms with Gasteiger partial charge in [0.2, 0.25) is 0 Å². The lowest BCUT2D eigenvalue weighted by Crippen LogP contribution is -2.50. The van der Waals surface area contributed by atoms with Gasteiger partial charge in [-0.15, -0.1) is 0 Å². The Balaban J connectivity index is 1.80. The third-order valence-electron chi connectivity index (χ3n) is 4.00. The van der Waals surface area contributed by atoms with Crippen molar-refractivity contribution in [1.29, 1.82) is 0 Å². The van der Waals surface area contributed by atoms with Crippen LogP contribution in [0.15, 0.2) is 0 Å². The summed E-state index contributed by atoms with van der Waals surface area (Å²) in [6.45, 7) is 2.02. The van der Waals surface area contributed by atoms with Gasteiger partial charge >= 0.3 is 0 Å².